The molecule has 0 unspecified atom stereocenters. The summed E-state index contributed by atoms with van der Waals surface area (Å²) in [6, 6.07) is 11.4. The average Bonchev–Trinajstić information content (AvgIpc) is 2.94. The second-order valence-corrected chi connectivity index (χ2v) is 7.79. The molecule has 0 aromatic heterocycles. The second kappa shape index (κ2) is 9.20. The number of thioether (sulfide) groups is 1. The summed E-state index contributed by atoms with van der Waals surface area (Å²) >= 11 is 7.31. The normalized spacial score (nSPS) is 15.1. The Balaban J connectivity index is 1.84. The van der Waals surface area contributed by atoms with Gasteiger partial charge in [0.25, 0.3) is 11.1 Å². The summed E-state index contributed by atoms with van der Waals surface area (Å²) in [5, 5.41) is 0.0332. The van der Waals surface area contributed by atoms with Gasteiger partial charge in [0.2, 0.25) is 0 Å². The predicted molar refractivity (Wildman–Crippen MR) is 116 cm³/mol. The highest BCUT2D eigenvalue weighted by Gasteiger charge is 2.34. The van der Waals surface area contributed by atoms with Gasteiger partial charge in [-0.3, -0.25) is 14.5 Å². The summed E-state index contributed by atoms with van der Waals surface area (Å²) in [6.07, 6.45) is 3.13. The van der Waals surface area contributed by atoms with Crippen LogP contribution in [0.2, 0.25) is 5.02 Å². The van der Waals surface area contributed by atoms with Gasteiger partial charge in [0.1, 0.15) is 6.61 Å². The zero-order chi connectivity index (χ0) is 21.0. The van der Waals surface area contributed by atoms with E-state index in [1.807, 2.05) is 31.2 Å². The lowest BCUT2D eigenvalue weighted by Crippen LogP contribution is -2.27. The first-order chi connectivity index (χ1) is 13.9. The van der Waals surface area contributed by atoms with Crippen molar-refractivity contribution in [3.63, 3.8) is 0 Å². The number of halogens is 1. The number of carbonyl (C=O) groups excluding carboxylic acids is 2. The fraction of sp³-hybridized carbons (Fsp3) is 0.182. The van der Waals surface area contributed by atoms with Crippen LogP contribution in [0.4, 0.5) is 4.79 Å². The van der Waals surface area contributed by atoms with Crippen LogP contribution in [0.5, 0.6) is 11.5 Å². The fourth-order valence-corrected chi connectivity index (χ4v) is 3.98. The smallest absolute Gasteiger partial charge is 0.293 e. The first-order valence-electron chi connectivity index (χ1n) is 8.85. The average molecular weight is 430 g/mol. The molecule has 2 amide bonds. The molecule has 150 valence electrons. The van der Waals surface area contributed by atoms with E-state index in [-0.39, 0.29) is 17.7 Å². The molecule has 0 N–H and O–H groups in total. The van der Waals surface area contributed by atoms with Gasteiger partial charge in [-0.15, -0.1) is 6.58 Å². The number of benzene rings is 2. The van der Waals surface area contributed by atoms with Crippen LogP contribution in [-0.2, 0) is 11.4 Å². The van der Waals surface area contributed by atoms with E-state index in [0.29, 0.717) is 33.6 Å². The number of carbonyl (C=O) groups is 2. The van der Waals surface area contributed by atoms with Gasteiger partial charge in [0.05, 0.1) is 17.0 Å². The lowest BCUT2D eigenvalue weighted by molar-refractivity contribution is -0.122. The summed E-state index contributed by atoms with van der Waals surface area (Å²) in [6.45, 7) is 6.11. The molecular formula is C22H20ClNO4S. The van der Waals surface area contributed by atoms with E-state index < -0.39 is 0 Å². The molecule has 7 heteroatoms. The number of nitrogens with zero attached hydrogens (tertiary/aromatic N) is 1. The van der Waals surface area contributed by atoms with E-state index in [9.17, 15) is 9.59 Å². The summed E-state index contributed by atoms with van der Waals surface area (Å²) in [7, 11) is 1.52. The van der Waals surface area contributed by atoms with Crippen LogP contribution in [0.3, 0.4) is 0 Å². The van der Waals surface area contributed by atoms with E-state index in [2.05, 4.69) is 6.58 Å². The minimum Gasteiger partial charge on any atom is -0.493 e. The van der Waals surface area contributed by atoms with Crippen LogP contribution in [0.25, 0.3) is 6.08 Å². The van der Waals surface area contributed by atoms with Gasteiger partial charge in [0.15, 0.2) is 11.5 Å². The molecular weight excluding hydrogens is 410 g/mol. The van der Waals surface area contributed by atoms with Crippen LogP contribution in [0, 0.1) is 6.92 Å². The highest BCUT2D eigenvalue weighted by molar-refractivity contribution is 8.18. The molecule has 0 bridgehead atoms. The fourth-order valence-electron chi connectivity index (χ4n) is 2.86. The van der Waals surface area contributed by atoms with E-state index in [0.717, 1.165) is 27.8 Å². The number of rotatable bonds is 7. The van der Waals surface area contributed by atoms with Gasteiger partial charge in [0, 0.05) is 6.54 Å². The number of ether oxygens (including phenoxy) is 2. The zero-order valence-electron chi connectivity index (χ0n) is 16.1. The van der Waals surface area contributed by atoms with Crippen molar-refractivity contribution < 1.29 is 19.1 Å². The largest absolute Gasteiger partial charge is 0.493 e. The van der Waals surface area contributed by atoms with Crippen molar-refractivity contribution in [3.8, 4) is 11.5 Å². The third kappa shape index (κ3) is 4.83. The molecule has 0 aliphatic carbocycles. The van der Waals surface area contributed by atoms with Crippen LogP contribution in [0.1, 0.15) is 16.7 Å². The molecule has 1 aliphatic heterocycles. The Kier molecular flexibility index (Phi) is 6.67. The number of methoxy groups -OCH3 is 1. The van der Waals surface area contributed by atoms with Crippen molar-refractivity contribution in [1.82, 2.24) is 4.90 Å². The molecule has 0 radical (unpaired) electrons. The summed E-state index contributed by atoms with van der Waals surface area (Å²) in [5.41, 5.74) is 2.80. The van der Waals surface area contributed by atoms with Crippen molar-refractivity contribution in [3.05, 3.63) is 75.7 Å². The van der Waals surface area contributed by atoms with Crippen LogP contribution >= 0.6 is 23.4 Å². The molecule has 2 aromatic carbocycles. The van der Waals surface area contributed by atoms with Crippen LogP contribution in [0.15, 0.2) is 54.0 Å². The Morgan fingerprint density at radius 1 is 1.24 bits per heavy atom. The molecule has 3 rings (SSSR count). The molecule has 5 nitrogen and oxygen atoms in total. The Morgan fingerprint density at radius 2 is 2.03 bits per heavy atom. The van der Waals surface area contributed by atoms with Crippen LogP contribution in [-0.4, -0.2) is 29.7 Å². The van der Waals surface area contributed by atoms with Gasteiger partial charge in [-0.05, 0) is 48.0 Å². The lowest BCUT2D eigenvalue weighted by Gasteiger charge is -2.14. The molecule has 1 saturated heterocycles. The first kappa shape index (κ1) is 21.0. The monoisotopic (exact) mass is 429 g/mol. The Morgan fingerprint density at radius 3 is 2.72 bits per heavy atom. The molecule has 1 aliphatic rings. The quantitative estimate of drug-likeness (QED) is 0.432. The molecule has 0 atom stereocenters. The molecule has 1 heterocycles. The van der Waals surface area contributed by atoms with Gasteiger partial charge >= 0.3 is 0 Å². The minimum atomic E-state index is -0.352. The Labute approximate surface area is 178 Å². The maximum Gasteiger partial charge on any atom is 0.293 e. The van der Waals surface area contributed by atoms with Crippen molar-refractivity contribution >= 4 is 40.6 Å². The SMILES string of the molecule is C=CCN1C(=O)S/C(=C/c2cc(Cl)c(OCc3cccc(C)c3)c(OC)c2)C1=O. The van der Waals surface area contributed by atoms with E-state index in [4.69, 9.17) is 21.1 Å². The maximum absolute atomic E-state index is 12.4. The van der Waals surface area contributed by atoms with E-state index >= 15 is 0 Å². The maximum atomic E-state index is 12.4. The third-order valence-corrected chi connectivity index (χ3v) is 5.39. The van der Waals surface area contributed by atoms with Crippen molar-refractivity contribution in [2.24, 2.45) is 0 Å². The summed E-state index contributed by atoms with van der Waals surface area (Å²) in [5.74, 6) is 0.518. The van der Waals surface area contributed by atoms with Gasteiger partial charge in [-0.2, -0.15) is 0 Å². The highest BCUT2D eigenvalue weighted by Crippen LogP contribution is 2.39. The molecule has 0 saturated carbocycles. The Bertz CT molecular complexity index is 1000. The zero-order valence-corrected chi connectivity index (χ0v) is 17.7. The molecule has 29 heavy (non-hydrogen) atoms. The number of aryl methyl sites for hydroxylation is 1. The summed E-state index contributed by atoms with van der Waals surface area (Å²) in [4.78, 5) is 25.8. The first-order valence-corrected chi connectivity index (χ1v) is 10.0. The molecule has 2 aromatic rings. The van der Waals surface area contributed by atoms with Crippen molar-refractivity contribution in [2.75, 3.05) is 13.7 Å². The second-order valence-electron chi connectivity index (χ2n) is 6.39. The van der Waals surface area contributed by atoms with Crippen molar-refractivity contribution in [1.29, 1.82) is 0 Å². The van der Waals surface area contributed by atoms with Crippen molar-refractivity contribution in [2.45, 2.75) is 13.5 Å². The van der Waals surface area contributed by atoms with Crippen LogP contribution < -0.4 is 9.47 Å². The molecule has 1 fully saturated rings. The Hall–Kier alpha value is -2.70. The number of hydrogen-bond acceptors (Lipinski definition) is 5. The van der Waals surface area contributed by atoms with Gasteiger partial charge in [-0.1, -0.05) is 47.5 Å². The number of imide groups is 1. The highest BCUT2D eigenvalue weighted by atomic mass is 35.5. The standard InChI is InChI=1S/C22H20ClNO4S/c1-4-8-24-21(25)19(29-22(24)26)12-16-10-17(23)20(18(11-16)27-3)28-13-15-7-5-6-14(2)9-15/h4-7,9-12H,1,8,13H2,2-3H3/b19-12+. The van der Waals surface area contributed by atoms with E-state index in [1.165, 1.54) is 13.2 Å². The number of hydrogen-bond donors (Lipinski definition) is 0. The minimum absolute atomic E-state index is 0.178. The number of amides is 2. The summed E-state index contributed by atoms with van der Waals surface area (Å²) < 4.78 is 11.3. The lowest BCUT2D eigenvalue weighted by atomic mass is 10.1. The molecule has 0 spiro atoms. The predicted octanol–water partition coefficient (Wildman–Crippen LogP) is 5.46. The van der Waals surface area contributed by atoms with Gasteiger partial charge < -0.3 is 9.47 Å². The van der Waals surface area contributed by atoms with Gasteiger partial charge in [-0.25, -0.2) is 0 Å². The third-order valence-electron chi connectivity index (χ3n) is 4.20. The topological polar surface area (TPSA) is 55.8 Å². The van der Waals surface area contributed by atoms with E-state index in [1.54, 1.807) is 18.2 Å².